The third-order valence-electron chi connectivity index (χ3n) is 3.42. The highest BCUT2D eigenvalue weighted by molar-refractivity contribution is 4.94. The van der Waals surface area contributed by atoms with Crippen LogP contribution in [0.2, 0.25) is 0 Å². The highest BCUT2D eigenvalue weighted by Gasteiger charge is 2.41. The van der Waals surface area contributed by atoms with Crippen molar-refractivity contribution < 1.29 is 0 Å². The van der Waals surface area contributed by atoms with Gasteiger partial charge in [0.15, 0.2) is 0 Å². The van der Waals surface area contributed by atoms with Crippen molar-refractivity contribution in [1.82, 2.24) is 4.90 Å². The first-order chi connectivity index (χ1) is 7.20. The van der Waals surface area contributed by atoms with E-state index in [0.29, 0.717) is 0 Å². The first-order valence-electron chi connectivity index (χ1n) is 6.89. The highest BCUT2D eigenvalue weighted by Crippen LogP contribution is 2.48. The summed E-state index contributed by atoms with van der Waals surface area (Å²) in [5.74, 6) is 0.939. The summed E-state index contributed by atoms with van der Waals surface area (Å²) >= 11 is 0. The first-order valence-corrected chi connectivity index (χ1v) is 6.89. The number of hydrogen-bond donors (Lipinski definition) is 0. The van der Waals surface area contributed by atoms with Crippen LogP contribution >= 0.6 is 0 Å². The van der Waals surface area contributed by atoms with Gasteiger partial charge in [-0.3, -0.25) is 0 Å². The molecular weight excluding hydrogens is 182 g/mol. The van der Waals surface area contributed by atoms with E-state index in [-0.39, 0.29) is 0 Å². The van der Waals surface area contributed by atoms with Crippen molar-refractivity contribution in [2.45, 2.75) is 60.3 Å². The van der Waals surface area contributed by atoms with Crippen LogP contribution in [0.3, 0.4) is 0 Å². The van der Waals surface area contributed by atoms with Gasteiger partial charge in [0, 0.05) is 13.1 Å². The van der Waals surface area contributed by atoms with Gasteiger partial charge in [-0.25, -0.2) is 0 Å². The second kappa shape index (κ2) is 7.27. The molecule has 2 aliphatic rings. The fourth-order valence-corrected chi connectivity index (χ4v) is 3.08. The minimum atomic E-state index is 0.770. The molecule has 0 N–H and O–H groups in total. The molecule has 0 aromatic carbocycles. The Morgan fingerprint density at radius 1 is 1.07 bits per heavy atom. The maximum absolute atomic E-state index is 2.52. The molecular formula is C14H31N. The average Bonchev–Trinajstić information content (AvgIpc) is 2.20. The summed E-state index contributed by atoms with van der Waals surface area (Å²) in [6, 6.07) is 0. The van der Waals surface area contributed by atoms with Crippen molar-refractivity contribution in [2.75, 3.05) is 20.1 Å². The van der Waals surface area contributed by atoms with Crippen LogP contribution in [0.1, 0.15) is 60.3 Å². The lowest BCUT2D eigenvalue weighted by molar-refractivity contribution is 0.00612. The molecule has 2 fully saturated rings. The average molecular weight is 213 g/mol. The zero-order valence-electron chi connectivity index (χ0n) is 11.8. The van der Waals surface area contributed by atoms with E-state index in [4.69, 9.17) is 0 Å². The third kappa shape index (κ3) is 4.14. The molecule has 1 heteroatoms. The molecule has 1 spiro atoms. The van der Waals surface area contributed by atoms with E-state index < -0.39 is 0 Å². The van der Waals surface area contributed by atoms with E-state index in [1.165, 1.54) is 38.8 Å². The van der Waals surface area contributed by atoms with Gasteiger partial charge in [-0.2, -0.15) is 0 Å². The summed E-state index contributed by atoms with van der Waals surface area (Å²) in [5.41, 5.74) is 0.770. The normalized spacial score (nSPS) is 28.0. The van der Waals surface area contributed by atoms with Crippen LogP contribution in [0.25, 0.3) is 0 Å². The van der Waals surface area contributed by atoms with Crippen LogP contribution in [0.15, 0.2) is 0 Å². The minimum absolute atomic E-state index is 0.770. The Labute approximate surface area is 97.2 Å². The molecule has 1 aliphatic heterocycles. The van der Waals surface area contributed by atoms with Gasteiger partial charge in [0.2, 0.25) is 0 Å². The molecule has 1 atom stereocenters. The molecule has 1 heterocycles. The van der Waals surface area contributed by atoms with Crippen molar-refractivity contribution >= 4 is 0 Å². The lowest BCUT2D eigenvalue weighted by Gasteiger charge is -2.50. The molecule has 1 saturated carbocycles. The Bertz CT molecular complexity index is 137. The maximum atomic E-state index is 2.52. The summed E-state index contributed by atoms with van der Waals surface area (Å²) < 4.78 is 0. The molecule has 15 heavy (non-hydrogen) atoms. The SMILES string of the molecule is CC.CC.CC1CN(C)CC2(CCC2)C1. The predicted octanol–water partition coefficient (Wildman–Crippen LogP) is 4.18. The molecule has 0 bridgehead atoms. The van der Waals surface area contributed by atoms with Crippen LogP contribution in [0.5, 0.6) is 0 Å². The lowest BCUT2D eigenvalue weighted by Crippen LogP contribution is -2.48. The van der Waals surface area contributed by atoms with Crippen LogP contribution in [-0.2, 0) is 0 Å². The molecule has 0 aromatic heterocycles. The number of nitrogens with zero attached hydrogens (tertiary/aromatic N) is 1. The fraction of sp³-hybridized carbons (Fsp3) is 1.00. The van der Waals surface area contributed by atoms with Gasteiger partial charge in [0.05, 0.1) is 0 Å². The molecule has 92 valence electrons. The van der Waals surface area contributed by atoms with E-state index in [1.807, 2.05) is 27.7 Å². The first kappa shape index (κ1) is 15.0. The standard InChI is InChI=1S/C10H19N.2C2H6/c1-9-6-10(4-3-5-10)8-11(2)7-9;2*1-2/h9H,3-8H2,1-2H3;2*1-2H3. The maximum Gasteiger partial charge on any atom is 0.00351 e. The van der Waals surface area contributed by atoms with Crippen molar-refractivity contribution in [1.29, 1.82) is 0 Å². The number of hydrogen-bond acceptors (Lipinski definition) is 1. The van der Waals surface area contributed by atoms with Gasteiger partial charge in [0.1, 0.15) is 0 Å². The Morgan fingerprint density at radius 2 is 1.60 bits per heavy atom. The lowest BCUT2D eigenvalue weighted by atomic mass is 9.62. The summed E-state index contributed by atoms with van der Waals surface area (Å²) in [6.07, 6.45) is 5.99. The van der Waals surface area contributed by atoms with Gasteiger partial charge in [-0.05, 0) is 37.6 Å². The van der Waals surface area contributed by atoms with E-state index in [9.17, 15) is 0 Å². The monoisotopic (exact) mass is 213 g/mol. The van der Waals surface area contributed by atoms with Crippen LogP contribution < -0.4 is 0 Å². The minimum Gasteiger partial charge on any atom is -0.306 e. The Balaban J connectivity index is 0.000000442. The number of rotatable bonds is 0. The van der Waals surface area contributed by atoms with Crippen LogP contribution in [0, 0.1) is 11.3 Å². The molecule has 0 radical (unpaired) electrons. The topological polar surface area (TPSA) is 3.24 Å². The van der Waals surface area contributed by atoms with Crippen LogP contribution in [0.4, 0.5) is 0 Å². The van der Waals surface area contributed by atoms with Crippen molar-refractivity contribution in [3.05, 3.63) is 0 Å². The largest absolute Gasteiger partial charge is 0.306 e. The molecule has 2 rings (SSSR count). The fourth-order valence-electron chi connectivity index (χ4n) is 3.08. The van der Waals surface area contributed by atoms with Gasteiger partial charge in [-0.1, -0.05) is 41.0 Å². The zero-order chi connectivity index (χ0) is 11.9. The van der Waals surface area contributed by atoms with E-state index in [1.54, 1.807) is 0 Å². The second-order valence-electron chi connectivity index (χ2n) is 4.86. The summed E-state index contributed by atoms with van der Waals surface area (Å²) in [4.78, 5) is 2.52. The predicted molar refractivity (Wildman–Crippen MR) is 70.3 cm³/mol. The third-order valence-corrected chi connectivity index (χ3v) is 3.42. The molecule has 0 aromatic rings. The summed E-state index contributed by atoms with van der Waals surface area (Å²) in [6.45, 7) is 13.1. The molecule has 1 unspecified atom stereocenters. The van der Waals surface area contributed by atoms with Crippen molar-refractivity contribution in [2.24, 2.45) is 11.3 Å². The Kier molecular flexibility index (Phi) is 7.25. The van der Waals surface area contributed by atoms with E-state index in [0.717, 1.165) is 11.3 Å². The zero-order valence-corrected chi connectivity index (χ0v) is 11.8. The molecule has 1 nitrogen and oxygen atoms in total. The van der Waals surface area contributed by atoms with E-state index >= 15 is 0 Å². The van der Waals surface area contributed by atoms with Gasteiger partial charge in [0.25, 0.3) is 0 Å². The van der Waals surface area contributed by atoms with Gasteiger partial charge in [-0.15, -0.1) is 0 Å². The molecule has 1 aliphatic carbocycles. The van der Waals surface area contributed by atoms with Crippen LogP contribution in [-0.4, -0.2) is 25.0 Å². The highest BCUT2D eigenvalue weighted by atomic mass is 15.1. The van der Waals surface area contributed by atoms with Gasteiger partial charge < -0.3 is 4.90 Å². The Hall–Kier alpha value is -0.0400. The molecule has 1 saturated heterocycles. The van der Waals surface area contributed by atoms with E-state index in [2.05, 4.69) is 18.9 Å². The van der Waals surface area contributed by atoms with Crippen molar-refractivity contribution in [3.8, 4) is 0 Å². The Morgan fingerprint density at radius 3 is 1.93 bits per heavy atom. The summed E-state index contributed by atoms with van der Waals surface area (Å²) in [5, 5.41) is 0. The van der Waals surface area contributed by atoms with Gasteiger partial charge >= 0.3 is 0 Å². The smallest absolute Gasteiger partial charge is 0.00351 e. The number of likely N-dealkylation sites (tertiary alicyclic amines) is 1. The molecule has 0 amide bonds. The number of piperidine rings is 1. The summed E-state index contributed by atoms with van der Waals surface area (Å²) in [7, 11) is 2.27. The van der Waals surface area contributed by atoms with Crippen molar-refractivity contribution in [3.63, 3.8) is 0 Å². The second-order valence-corrected chi connectivity index (χ2v) is 4.86. The quantitative estimate of drug-likeness (QED) is 0.583.